The minimum absolute atomic E-state index is 0.636. The lowest BCUT2D eigenvalue weighted by atomic mass is 10.2. The molecule has 0 saturated heterocycles. The van der Waals surface area contributed by atoms with E-state index in [1.165, 1.54) is 20.9 Å². The van der Waals surface area contributed by atoms with Gasteiger partial charge >= 0.3 is 0 Å². The molecule has 0 fully saturated rings. The molecule has 0 aliphatic carbocycles. The van der Waals surface area contributed by atoms with Gasteiger partial charge in [0.2, 0.25) is 0 Å². The van der Waals surface area contributed by atoms with Crippen molar-refractivity contribution in [2.24, 2.45) is 5.73 Å². The molecule has 0 bridgehead atoms. The Morgan fingerprint density at radius 3 is 2.82 bits per heavy atom. The molecule has 0 aromatic carbocycles. The number of hydrogen-bond acceptors (Lipinski definition) is 4. The van der Waals surface area contributed by atoms with Crippen LogP contribution in [0.1, 0.15) is 20.9 Å². The van der Waals surface area contributed by atoms with Crippen LogP contribution in [0, 0.1) is 6.92 Å². The first-order valence-electron chi connectivity index (χ1n) is 5.67. The van der Waals surface area contributed by atoms with Gasteiger partial charge in [-0.25, -0.2) is 0 Å². The fraction of sp³-hybridized carbons (Fsp3) is 0.385. The summed E-state index contributed by atoms with van der Waals surface area (Å²) in [5.41, 5.74) is 8.24. The molecule has 0 amide bonds. The normalized spacial score (nSPS) is 11.3. The van der Waals surface area contributed by atoms with Crippen LogP contribution in [0.25, 0.3) is 0 Å². The molecule has 92 valence electrons. The maximum Gasteiger partial charge on any atom is 0.0947 e. The first-order chi connectivity index (χ1) is 8.19. The van der Waals surface area contributed by atoms with Crippen molar-refractivity contribution < 1.29 is 4.42 Å². The summed E-state index contributed by atoms with van der Waals surface area (Å²) in [6.45, 7) is 4.65. The van der Waals surface area contributed by atoms with Gasteiger partial charge < -0.3 is 10.2 Å². The zero-order valence-electron chi connectivity index (χ0n) is 10.3. The number of nitrogens with zero attached hydrogens (tertiary/aromatic N) is 1. The number of rotatable bonds is 5. The van der Waals surface area contributed by atoms with Crippen molar-refractivity contribution in [2.75, 3.05) is 7.05 Å². The van der Waals surface area contributed by atoms with E-state index in [0.29, 0.717) is 6.54 Å². The lowest BCUT2D eigenvalue weighted by molar-refractivity contribution is 0.317. The molecule has 2 aromatic rings. The molecule has 2 aromatic heterocycles. The van der Waals surface area contributed by atoms with E-state index in [0.717, 1.165) is 13.1 Å². The average Bonchev–Trinajstić information content (AvgIpc) is 2.89. The van der Waals surface area contributed by atoms with Crippen LogP contribution in [0.4, 0.5) is 0 Å². The van der Waals surface area contributed by atoms with Gasteiger partial charge in [0.1, 0.15) is 0 Å². The van der Waals surface area contributed by atoms with Gasteiger partial charge in [0.15, 0.2) is 0 Å². The van der Waals surface area contributed by atoms with Gasteiger partial charge in [-0.15, -0.1) is 11.3 Å². The van der Waals surface area contributed by atoms with E-state index in [2.05, 4.69) is 24.9 Å². The van der Waals surface area contributed by atoms with Crippen LogP contribution < -0.4 is 5.73 Å². The van der Waals surface area contributed by atoms with E-state index in [9.17, 15) is 0 Å². The first kappa shape index (κ1) is 12.4. The molecular formula is C13H18N2OS. The van der Waals surface area contributed by atoms with Crippen LogP contribution in [-0.4, -0.2) is 11.9 Å². The van der Waals surface area contributed by atoms with Crippen LogP contribution in [-0.2, 0) is 19.6 Å². The predicted octanol–water partition coefficient (Wildman–Crippen LogP) is 2.74. The summed E-state index contributed by atoms with van der Waals surface area (Å²) in [7, 11) is 2.12. The second-order valence-corrected chi connectivity index (χ2v) is 5.64. The number of hydrogen-bond donors (Lipinski definition) is 1. The van der Waals surface area contributed by atoms with Crippen LogP contribution in [0.2, 0.25) is 0 Å². The second-order valence-electron chi connectivity index (χ2n) is 4.30. The van der Waals surface area contributed by atoms with E-state index in [-0.39, 0.29) is 0 Å². The molecule has 17 heavy (non-hydrogen) atoms. The Balaban J connectivity index is 1.97. The smallest absolute Gasteiger partial charge is 0.0947 e. The molecule has 2 N–H and O–H groups in total. The summed E-state index contributed by atoms with van der Waals surface area (Å²) in [5.74, 6) is 0. The van der Waals surface area contributed by atoms with Crippen molar-refractivity contribution >= 4 is 11.3 Å². The van der Waals surface area contributed by atoms with Gasteiger partial charge in [0, 0.05) is 35.0 Å². The third-order valence-electron chi connectivity index (χ3n) is 2.75. The van der Waals surface area contributed by atoms with E-state index >= 15 is 0 Å². The third kappa shape index (κ3) is 3.19. The Hall–Kier alpha value is -1.10. The molecule has 3 nitrogen and oxygen atoms in total. The largest absolute Gasteiger partial charge is 0.472 e. The van der Waals surface area contributed by atoms with Crippen molar-refractivity contribution in [1.29, 1.82) is 0 Å². The molecule has 0 saturated carbocycles. The van der Waals surface area contributed by atoms with Gasteiger partial charge in [0.25, 0.3) is 0 Å². The Kier molecular flexibility index (Phi) is 3.99. The third-order valence-corrected chi connectivity index (χ3v) is 3.86. The Bertz CT molecular complexity index is 462. The minimum Gasteiger partial charge on any atom is -0.472 e. The maximum atomic E-state index is 5.66. The molecule has 0 aliphatic heterocycles. The van der Waals surface area contributed by atoms with E-state index in [1.807, 2.05) is 6.07 Å². The summed E-state index contributed by atoms with van der Waals surface area (Å²) < 4.78 is 5.07. The van der Waals surface area contributed by atoms with Crippen molar-refractivity contribution in [2.45, 2.75) is 26.6 Å². The van der Waals surface area contributed by atoms with Crippen molar-refractivity contribution in [3.05, 3.63) is 45.5 Å². The summed E-state index contributed by atoms with van der Waals surface area (Å²) in [6, 6.07) is 4.22. The highest BCUT2D eigenvalue weighted by molar-refractivity contribution is 7.12. The Morgan fingerprint density at radius 2 is 2.24 bits per heavy atom. The van der Waals surface area contributed by atoms with E-state index in [4.69, 9.17) is 10.2 Å². The lowest BCUT2D eigenvalue weighted by Crippen LogP contribution is -2.16. The highest BCUT2D eigenvalue weighted by Crippen LogP contribution is 2.22. The van der Waals surface area contributed by atoms with Crippen molar-refractivity contribution in [3.8, 4) is 0 Å². The van der Waals surface area contributed by atoms with Crippen molar-refractivity contribution in [3.63, 3.8) is 0 Å². The minimum atomic E-state index is 0.636. The topological polar surface area (TPSA) is 42.4 Å². The molecule has 0 aliphatic rings. The molecule has 0 unspecified atom stereocenters. The fourth-order valence-corrected chi connectivity index (χ4v) is 2.82. The van der Waals surface area contributed by atoms with Crippen LogP contribution >= 0.6 is 11.3 Å². The fourth-order valence-electron chi connectivity index (χ4n) is 1.89. The maximum absolute atomic E-state index is 5.66. The standard InChI is InChI=1S/C13H18N2OS/c1-10-12(5-13(6-14)17-10)8-15(2)7-11-3-4-16-9-11/h3-5,9H,6-8,14H2,1-2H3. The second kappa shape index (κ2) is 5.49. The zero-order chi connectivity index (χ0) is 12.3. The Morgan fingerprint density at radius 1 is 1.41 bits per heavy atom. The molecule has 2 heterocycles. The molecule has 4 heteroatoms. The summed E-state index contributed by atoms with van der Waals surface area (Å²) in [5, 5.41) is 0. The monoisotopic (exact) mass is 250 g/mol. The quantitative estimate of drug-likeness (QED) is 0.887. The molecule has 2 rings (SSSR count). The number of furan rings is 1. The molecular weight excluding hydrogens is 232 g/mol. The Labute approximate surface area is 106 Å². The lowest BCUT2D eigenvalue weighted by Gasteiger charge is -2.15. The molecule has 0 spiro atoms. The van der Waals surface area contributed by atoms with E-state index in [1.54, 1.807) is 23.9 Å². The summed E-state index contributed by atoms with van der Waals surface area (Å²) in [4.78, 5) is 4.90. The van der Waals surface area contributed by atoms with Crippen LogP contribution in [0.3, 0.4) is 0 Å². The zero-order valence-corrected chi connectivity index (χ0v) is 11.1. The average molecular weight is 250 g/mol. The van der Waals surface area contributed by atoms with Crippen LogP contribution in [0.15, 0.2) is 29.1 Å². The molecule has 0 atom stereocenters. The number of aryl methyl sites for hydroxylation is 1. The van der Waals surface area contributed by atoms with Crippen LogP contribution in [0.5, 0.6) is 0 Å². The van der Waals surface area contributed by atoms with Gasteiger partial charge in [-0.05, 0) is 31.7 Å². The van der Waals surface area contributed by atoms with E-state index < -0.39 is 0 Å². The van der Waals surface area contributed by atoms with Gasteiger partial charge in [-0.3, -0.25) is 4.90 Å². The first-order valence-corrected chi connectivity index (χ1v) is 6.48. The number of thiophene rings is 1. The summed E-state index contributed by atoms with van der Waals surface area (Å²) >= 11 is 1.79. The number of nitrogens with two attached hydrogens (primary N) is 1. The predicted molar refractivity (Wildman–Crippen MR) is 70.8 cm³/mol. The summed E-state index contributed by atoms with van der Waals surface area (Å²) in [6.07, 6.45) is 3.51. The molecule has 0 radical (unpaired) electrons. The highest BCUT2D eigenvalue weighted by atomic mass is 32.1. The van der Waals surface area contributed by atoms with Gasteiger partial charge in [-0.1, -0.05) is 0 Å². The van der Waals surface area contributed by atoms with Gasteiger partial charge in [0.05, 0.1) is 12.5 Å². The van der Waals surface area contributed by atoms with Gasteiger partial charge in [-0.2, -0.15) is 0 Å². The SMILES string of the molecule is Cc1sc(CN)cc1CN(C)Cc1ccoc1. The highest BCUT2D eigenvalue weighted by Gasteiger charge is 2.08. The van der Waals surface area contributed by atoms with Crippen molar-refractivity contribution in [1.82, 2.24) is 4.90 Å².